The van der Waals surface area contributed by atoms with E-state index in [-0.39, 0.29) is 12.6 Å². The first-order valence-electron chi connectivity index (χ1n) is 6.27. The topological polar surface area (TPSA) is 81.7 Å². The number of benzene rings is 1. The number of nitrogens with one attached hydrogen (secondary N) is 1. The number of ether oxygens (including phenoxy) is 2. The van der Waals surface area contributed by atoms with Crippen LogP contribution in [0.15, 0.2) is 28.7 Å². The van der Waals surface area contributed by atoms with Crippen molar-refractivity contribution in [3.05, 3.63) is 34.3 Å². The first-order valence-corrected chi connectivity index (χ1v) is 7.06. The molecule has 0 bridgehead atoms. The summed E-state index contributed by atoms with van der Waals surface area (Å²) in [5.41, 5.74) is 0.421. The van der Waals surface area contributed by atoms with Crippen molar-refractivity contribution in [3.63, 3.8) is 0 Å². The zero-order valence-corrected chi connectivity index (χ0v) is 13.3. The first-order chi connectivity index (χ1) is 9.88. The summed E-state index contributed by atoms with van der Waals surface area (Å²) < 4.78 is 10.3. The number of amides is 1. The smallest absolute Gasteiger partial charge is 0.344 e. The van der Waals surface area contributed by atoms with Gasteiger partial charge in [-0.15, -0.1) is 0 Å². The molecule has 1 aromatic carbocycles. The monoisotopic (exact) mass is 357 g/mol. The molecule has 1 N–H and O–H groups in total. The van der Waals surface area contributed by atoms with Crippen LogP contribution in [0.3, 0.4) is 0 Å². The summed E-state index contributed by atoms with van der Waals surface area (Å²) in [6.45, 7) is 2.60. The van der Waals surface area contributed by atoms with Crippen LogP contribution in [0, 0.1) is 0 Å². The van der Waals surface area contributed by atoms with Gasteiger partial charge in [-0.2, -0.15) is 0 Å². The van der Waals surface area contributed by atoms with Crippen LogP contribution >= 0.6 is 15.9 Å². The Morgan fingerprint density at radius 1 is 1.14 bits per heavy atom. The Bertz CT molecular complexity index is 513. The minimum absolute atomic E-state index is 0.270. The maximum absolute atomic E-state index is 11.7. The van der Waals surface area contributed by atoms with Gasteiger partial charge in [-0.25, -0.2) is 4.79 Å². The predicted octanol–water partition coefficient (Wildman–Crippen LogP) is 1.67. The highest BCUT2D eigenvalue weighted by molar-refractivity contribution is 9.10. The quantitative estimate of drug-likeness (QED) is 0.783. The van der Waals surface area contributed by atoms with Gasteiger partial charge in [0, 0.05) is 10.0 Å². The van der Waals surface area contributed by atoms with Gasteiger partial charge in [-0.3, -0.25) is 9.59 Å². The molecule has 0 radical (unpaired) electrons. The van der Waals surface area contributed by atoms with Gasteiger partial charge in [-0.1, -0.05) is 15.9 Å². The molecular weight excluding hydrogens is 342 g/mol. The Labute approximate surface area is 130 Å². The van der Waals surface area contributed by atoms with E-state index in [1.807, 2.05) is 0 Å². The van der Waals surface area contributed by atoms with Gasteiger partial charge in [0.15, 0.2) is 6.61 Å². The average Bonchev–Trinajstić information content (AvgIpc) is 2.42. The molecule has 0 saturated carbocycles. The van der Waals surface area contributed by atoms with Crippen LogP contribution in [-0.2, 0) is 19.1 Å². The van der Waals surface area contributed by atoms with Crippen LogP contribution < -0.4 is 5.32 Å². The Balaban J connectivity index is 2.31. The summed E-state index contributed by atoms with van der Waals surface area (Å²) in [6.07, 6.45) is -0.270. The normalized spacial score (nSPS) is 10.1. The third kappa shape index (κ3) is 6.89. The van der Waals surface area contributed by atoms with Crippen molar-refractivity contribution < 1.29 is 23.9 Å². The molecule has 1 aromatic rings. The molecule has 6 nitrogen and oxygen atoms in total. The number of carbonyl (C=O) groups is 3. The fourth-order valence-corrected chi connectivity index (χ4v) is 1.61. The molecule has 0 spiro atoms. The summed E-state index contributed by atoms with van der Waals surface area (Å²) in [7, 11) is 0. The predicted molar refractivity (Wildman–Crippen MR) is 78.7 cm³/mol. The molecule has 7 heteroatoms. The zero-order valence-electron chi connectivity index (χ0n) is 11.7. The highest BCUT2D eigenvalue weighted by Gasteiger charge is 2.12. The van der Waals surface area contributed by atoms with E-state index in [1.165, 1.54) is 0 Å². The largest absolute Gasteiger partial charge is 0.460 e. The number of esters is 2. The van der Waals surface area contributed by atoms with E-state index in [4.69, 9.17) is 4.74 Å². The molecule has 0 fully saturated rings. The van der Waals surface area contributed by atoms with Gasteiger partial charge < -0.3 is 14.8 Å². The maximum Gasteiger partial charge on any atom is 0.344 e. The summed E-state index contributed by atoms with van der Waals surface area (Å²) in [6, 6.07) is 6.67. The first kappa shape index (κ1) is 17.2. The van der Waals surface area contributed by atoms with Crippen molar-refractivity contribution in [1.82, 2.24) is 5.32 Å². The molecule has 0 atom stereocenters. The molecule has 0 aliphatic heterocycles. The van der Waals surface area contributed by atoms with Crippen LogP contribution in [-0.4, -0.2) is 37.1 Å². The lowest BCUT2D eigenvalue weighted by atomic mass is 10.2. The van der Waals surface area contributed by atoms with E-state index < -0.39 is 24.5 Å². The van der Waals surface area contributed by atoms with E-state index in [0.717, 1.165) is 4.47 Å². The number of rotatable bonds is 6. The van der Waals surface area contributed by atoms with Crippen LogP contribution in [0.1, 0.15) is 24.2 Å². The van der Waals surface area contributed by atoms with Gasteiger partial charge in [0.1, 0.15) is 6.54 Å². The van der Waals surface area contributed by atoms with E-state index in [9.17, 15) is 14.4 Å². The third-order valence-corrected chi connectivity index (χ3v) is 2.75. The molecular formula is C14H16BrNO5. The second-order valence-electron chi connectivity index (χ2n) is 4.39. The Morgan fingerprint density at radius 2 is 1.76 bits per heavy atom. The second kappa shape index (κ2) is 8.41. The Morgan fingerprint density at radius 3 is 2.33 bits per heavy atom. The van der Waals surface area contributed by atoms with Crippen LogP contribution in [0.4, 0.5) is 0 Å². The highest BCUT2D eigenvalue weighted by Crippen LogP contribution is 2.10. The van der Waals surface area contributed by atoms with Crippen molar-refractivity contribution >= 4 is 33.8 Å². The second-order valence-corrected chi connectivity index (χ2v) is 5.30. The number of hydrogen-bond acceptors (Lipinski definition) is 5. The summed E-state index contributed by atoms with van der Waals surface area (Å²) in [4.78, 5) is 34.2. The van der Waals surface area contributed by atoms with Gasteiger partial charge in [0.2, 0.25) is 0 Å². The van der Waals surface area contributed by atoms with Crippen LogP contribution in [0.5, 0.6) is 0 Å². The lowest BCUT2D eigenvalue weighted by molar-refractivity contribution is -0.160. The lowest BCUT2D eigenvalue weighted by Crippen LogP contribution is -2.31. The number of hydrogen-bond donors (Lipinski definition) is 1. The highest BCUT2D eigenvalue weighted by atomic mass is 79.9. The van der Waals surface area contributed by atoms with Crippen molar-refractivity contribution in [2.45, 2.75) is 20.0 Å². The Hall–Kier alpha value is -1.89. The summed E-state index contributed by atoms with van der Waals surface area (Å²) in [5, 5.41) is 2.40. The van der Waals surface area contributed by atoms with E-state index in [1.54, 1.807) is 38.1 Å². The number of carbonyl (C=O) groups excluding carboxylic acids is 3. The fraction of sp³-hybridized carbons (Fsp3) is 0.357. The van der Waals surface area contributed by atoms with E-state index >= 15 is 0 Å². The molecule has 1 amide bonds. The standard InChI is InChI=1S/C14H16BrNO5/c1-9(2)21-13(18)8-20-12(17)7-16-14(19)10-3-5-11(15)6-4-10/h3-6,9H,7-8H2,1-2H3,(H,16,19). The van der Waals surface area contributed by atoms with Gasteiger partial charge >= 0.3 is 11.9 Å². The zero-order chi connectivity index (χ0) is 15.8. The molecule has 0 unspecified atom stereocenters. The van der Waals surface area contributed by atoms with Gasteiger partial charge in [0.25, 0.3) is 5.91 Å². The molecule has 1 rings (SSSR count). The van der Waals surface area contributed by atoms with Crippen LogP contribution in [0.2, 0.25) is 0 Å². The summed E-state index contributed by atoms with van der Waals surface area (Å²) in [5.74, 6) is -1.73. The van der Waals surface area contributed by atoms with Crippen molar-refractivity contribution in [1.29, 1.82) is 0 Å². The SMILES string of the molecule is CC(C)OC(=O)COC(=O)CNC(=O)c1ccc(Br)cc1. The molecule has 0 saturated heterocycles. The molecule has 21 heavy (non-hydrogen) atoms. The maximum atomic E-state index is 11.7. The Kier molecular flexibility index (Phi) is 6.87. The average molecular weight is 358 g/mol. The minimum atomic E-state index is -0.707. The lowest BCUT2D eigenvalue weighted by Gasteiger charge is -2.09. The van der Waals surface area contributed by atoms with Gasteiger partial charge in [0.05, 0.1) is 6.10 Å². The molecule has 0 heterocycles. The fourth-order valence-electron chi connectivity index (χ4n) is 1.34. The van der Waals surface area contributed by atoms with Crippen molar-refractivity contribution in [2.24, 2.45) is 0 Å². The van der Waals surface area contributed by atoms with Crippen molar-refractivity contribution in [3.8, 4) is 0 Å². The molecule has 114 valence electrons. The molecule has 0 aliphatic rings. The molecule has 0 aromatic heterocycles. The van der Waals surface area contributed by atoms with Crippen LogP contribution in [0.25, 0.3) is 0 Å². The van der Waals surface area contributed by atoms with E-state index in [2.05, 4.69) is 26.0 Å². The minimum Gasteiger partial charge on any atom is -0.460 e. The van der Waals surface area contributed by atoms with E-state index in [0.29, 0.717) is 5.56 Å². The molecule has 0 aliphatic carbocycles. The van der Waals surface area contributed by atoms with Gasteiger partial charge in [-0.05, 0) is 38.1 Å². The third-order valence-electron chi connectivity index (χ3n) is 2.22. The van der Waals surface area contributed by atoms with Crippen molar-refractivity contribution in [2.75, 3.05) is 13.2 Å². The summed E-state index contributed by atoms with van der Waals surface area (Å²) >= 11 is 3.26. The number of halogens is 1.